The zero-order chi connectivity index (χ0) is 67.9. The van der Waals surface area contributed by atoms with Crippen LogP contribution in [0.2, 0.25) is 0 Å². The fourth-order valence-corrected chi connectivity index (χ4v) is 16.0. The van der Waals surface area contributed by atoms with Gasteiger partial charge in [-0.3, -0.25) is 58.7 Å². The van der Waals surface area contributed by atoms with Crippen LogP contribution in [-0.2, 0) is 28.8 Å². The smallest absolute Gasteiger partial charge is 0.328 e. The van der Waals surface area contributed by atoms with Crippen LogP contribution in [0, 0.1) is 0 Å². The van der Waals surface area contributed by atoms with Gasteiger partial charge in [0.25, 0.3) is 0 Å². The highest BCUT2D eigenvalue weighted by Crippen LogP contribution is 2.48. The van der Waals surface area contributed by atoms with Gasteiger partial charge in [0.15, 0.2) is 0 Å². The molecule has 96 heavy (non-hydrogen) atoms. The van der Waals surface area contributed by atoms with Gasteiger partial charge in [0.1, 0.15) is 0 Å². The van der Waals surface area contributed by atoms with E-state index in [2.05, 4.69) is 51.2 Å². The van der Waals surface area contributed by atoms with Crippen molar-refractivity contribution in [3.8, 4) is 0 Å². The van der Waals surface area contributed by atoms with Gasteiger partial charge in [0.05, 0.1) is 55.8 Å². The number of hydrogen-bond donors (Lipinski definition) is 6. The Morgan fingerprint density at radius 2 is 0.542 bits per heavy atom. The van der Waals surface area contributed by atoms with Gasteiger partial charge in [-0.25, -0.2) is 0 Å². The lowest BCUT2D eigenvalue weighted by Gasteiger charge is -2.14. The van der Waals surface area contributed by atoms with Crippen LogP contribution in [0.5, 0.6) is 0 Å². The van der Waals surface area contributed by atoms with E-state index in [9.17, 15) is 55.1 Å². The van der Waals surface area contributed by atoms with Gasteiger partial charge >= 0.3 is 24.2 Å². The number of carbonyl (C=O) groups is 6. The maximum atomic E-state index is 12.7. The number of rotatable bonds is 19. The normalized spacial score (nSPS) is 11.3. The van der Waals surface area contributed by atoms with Crippen LogP contribution in [0.4, 0.5) is 60.5 Å². The number of nitrogens with zero attached hydrogens (tertiary/aromatic N) is 6. The van der Waals surface area contributed by atoms with E-state index in [-0.39, 0.29) is 34.0 Å². The maximum absolute atomic E-state index is 12.7. The Bertz CT molecular complexity index is 4640. The molecule has 6 amide bonds. The molecule has 18 nitrogen and oxygen atoms in total. The minimum Gasteiger partial charge on any atom is -0.328 e. The van der Waals surface area contributed by atoms with Crippen LogP contribution in [0.25, 0.3) is 65.4 Å². The van der Waals surface area contributed by atoms with E-state index in [1.165, 1.54) is 82.5 Å². The Hall–Kier alpha value is -9.72. The van der Waals surface area contributed by atoms with Crippen molar-refractivity contribution < 1.29 is 55.1 Å². The van der Waals surface area contributed by atoms with Crippen molar-refractivity contribution in [3.05, 3.63) is 183 Å². The highest BCUT2D eigenvalue weighted by atomic mass is 33.1. The van der Waals surface area contributed by atoms with Crippen LogP contribution in [0.15, 0.2) is 212 Å². The lowest BCUT2D eigenvalue weighted by Crippen LogP contribution is -2.30. The third kappa shape index (κ3) is 16.7. The second kappa shape index (κ2) is 31.7. The Labute approximate surface area is 565 Å². The second-order valence-electron chi connectivity index (χ2n) is 19.8. The third-order valence-electron chi connectivity index (χ3n) is 13.7. The zero-order valence-electron chi connectivity index (χ0n) is 49.7. The predicted octanol–water partition coefficient (Wildman–Crippen LogP) is 17.6. The molecule has 0 bridgehead atoms. The monoisotopic (exact) mass is 1410 g/mol. The Balaban J connectivity index is 0.000000158. The van der Waals surface area contributed by atoms with Crippen LogP contribution >= 0.6 is 64.8 Å². The highest BCUT2D eigenvalue weighted by molar-refractivity contribution is 8.77. The van der Waals surface area contributed by atoms with Gasteiger partial charge in [-0.15, -0.1) is 0 Å². The van der Waals surface area contributed by atoms with Gasteiger partial charge in [-0.05, 0) is 146 Å². The van der Waals surface area contributed by atoms with E-state index in [1.807, 2.05) is 122 Å². The molecule has 0 fully saturated rings. The summed E-state index contributed by atoms with van der Waals surface area (Å²) in [7, 11) is 8.70. The first-order chi connectivity index (χ1) is 46.4. The summed E-state index contributed by atoms with van der Waals surface area (Å²) in [5.74, 6) is -4.29. The number of anilines is 6. The van der Waals surface area contributed by atoms with Gasteiger partial charge in [0, 0.05) is 123 Å². The van der Waals surface area contributed by atoms with Crippen LogP contribution in [0.1, 0.15) is 26.7 Å². The molecule has 0 saturated carbocycles. The molecule has 0 atom stereocenters. The number of fused-ring (bicyclic) bond motifs is 6. The SMILES string of the molecule is CCC(=O)Nc1ccc(SSc2ccc(NC(=O)CC)c3cccnc23)c2ncccc12.O=C(Nc1ccc(SSc2ccc(NC(=O)C(F)(F)F)c3cccnc23)c2ncccc12)C(F)(F)F.O=CNc1ccc(SSc2ccc(NC=O)c3cccnc23)c2ncccc12. The number of hydrogen-bond acceptors (Lipinski definition) is 18. The second-order valence-corrected chi connectivity index (χ2v) is 26.4. The summed E-state index contributed by atoms with van der Waals surface area (Å²) in [4.78, 5) is 99.8. The average molecular weight is 1410 g/mol. The van der Waals surface area contributed by atoms with E-state index < -0.39 is 24.2 Å². The van der Waals surface area contributed by atoms with E-state index in [0.29, 0.717) is 46.5 Å². The van der Waals surface area contributed by atoms with Crippen molar-refractivity contribution in [2.24, 2.45) is 0 Å². The highest BCUT2D eigenvalue weighted by Gasteiger charge is 2.40. The summed E-state index contributed by atoms with van der Waals surface area (Å²) in [6, 6.07) is 42.3. The largest absolute Gasteiger partial charge is 0.471 e. The number of amides is 6. The molecule has 486 valence electrons. The lowest BCUT2D eigenvalue weighted by molar-refractivity contribution is -0.167. The van der Waals surface area contributed by atoms with E-state index in [4.69, 9.17) is 0 Å². The number of alkyl halides is 6. The number of aromatic nitrogens is 6. The minimum atomic E-state index is -5.06. The molecule has 0 spiro atoms. The lowest BCUT2D eigenvalue weighted by atomic mass is 10.2. The summed E-state index contributed by atoms with van der Waals surface area (Å²) in [5.41, 5.74) is 6.83. The summed E-state index contributed by atoms with van der Waals surface area (Å²) >= 11 is 0. The van der Waals surface area contributed by atoms with Crippen LogP contribution in [0.3, 0.4) is 0 Å². The van der Waals surface area contributed by atoms with Gasteiger partial charge in [-0.1, -0.05) is 78.6 Å². The number of carbonyl (C=O) groups excluding carboxylic acids is 6. The molecule has 30 heteroatoms. The molecule has 0 aliphatic carbocycles. The molecule has 0 aliphatic heterocycles. The van der Waals surface area contributed by atoms with E-state index >= 15 is 0 Å². The predicted molar refractivity (Wildman–Crippen MR) is 372 cm³/mol. The maximum Gasteiger partial charge on any atom is 0.471 e. The third-order valence-corrected chi connectivity index (χ3v) is 21.0. The molecule has 0 unspecified atom stereocenters. The number of halogens is 6. The van der Waals surface area contributed by atoms with Crippen LogP contribution in [-0.4, -0.2) is 78.7 Å². The van der Waals surface area contributed by atoms with Crippen LogP contribution < -0.4 is 31.9 Å². The molecule has 6 aromatic carbocycles. The zero-order valence-corrected chi connectivity index (χ0v) is 54.6. The van der Waals surface area contributed by atoms with Crippen molar-refractivity contribution in [1.29, 1.82) is 0 Å². The van der Waals surface area contributed by atoms with Crippen molar-refractivity contribution in [1.82, 2.24) is 29.9 Å². The Kier molecular flexibility index (Phi) is 22.8. The number of benzene rings is 6. The summed E-state index contributed by atoms with van der Waals surface area (Å²) in [6.45, 7) is 3.65. The quantitative estimate of drug-likeness (QED) is 0.0250. The molecule has 0 aliphatic rings. The Morgan fingerprint density at radius 1 is 0.333 bits per heavy atom. The van der Waals surface area contributed by atoms with Gasteiger partial charge in [0.2, 0.25) is 24.6 Å². The fourth-order valence-electron chi connectivity index (χ4n) is 9.23. The van der Waals surface area contributed by atoms with Gasteiger partial charge < -0.3 is 31.9 Å². The number of nitrogens with one attached hydrogen (secondary N) is 6. The Morgan fingerprint density at radius 3 is 0.750 bits per heavy atom. The van der Waals surface area contributed by atoms with Crippen molar-refractivity contribution in [3.63, 3.8) is 0 Å². The average Bonchev–Trinajstić information content (AvgIpc) is 0.822. The summed E-state index contributed by atoms with van der Waals surface area (Å²) in [5, 5.41) is 19.1. The van der Waals surface area contributed by atoms with Crippen molar-refractivity contribution in [2.45, 2.75) is 68.4 Å². The molecule has 12 rings (SSSR count). The van der Waals surface area contributed by atoms with Gasteiger partial charge in [-0.2, -0.15) is 26.3 Å². The standard InChI is InChI=1S/C24H22N4O2S2.C22H12F6N4O2S2.C20H14N4O2S2/c1-3-21(29)27-17-9-11-19(23-15(17)7-5-13-25-23)31-32-20-12-10-18(28-22(30)4-2)16-8-6-14-26-24(16)20;23-21(24,25)19(33)31-13-5-7-15(17-11(13)3-1-9-29-17)35-36-16-8-6-14(32-20(34)22(26,27)28)12-4-2-10-30-18(12)16;25-11-23-15-5-7-17(19-13(15)3-1-9-21-19)27-28-18-8-6-16(24-12-26)14-4-2-10-22-20(14)18/h5-14H,3-4H2,1-2H3,(H,27,29)(H,28,30);1-10H,(H,31,33)(H,32,34);1-12H,(H,23,25)(H,24,26). The van der Waals surface area contributed by atoms with Crippen molar-refractivity contribution in [2.75, 3.05) is 31.9 Å². The first-order valence-corrected chi connectivity index (χ1v) is 34.9. The molecule has 0 radical (unpaired) electrons. The molecule has 6 heterocycles. The van der Waals surface area contributed by atoms with E-state index in [1.54, 1.807) is 68.0 Å². The summed E-state index contributed by atoms with van der Waals surface area (Å²) < 4.78 is 76.1. The minimum absolute atomic E-state index is 0.0299. The molecule has 12 aromatic rings. The molecule has 6 N–H and O–H groups in total. The molecular formula is C66H48F6N12O6S6. The molecular weight excluding hydrogens is 1360 g/mol. The fraction of sp³-hybridized carbons (Fsp3) is 0.0909. The summed E-state index contributed by atoms with van der Waals surface area (Å²) in [6.07, 6.45) is 1.92. The number of pyridine rings is 6. The first kappa shape index (κ1) is 69.1. The first-order valence-electron chi connectivity index (χ1n) is 28.4. The van der Waals surface area contributed by atoms with E-state index in [0.717, 1.165) is 85.9 Å². The molecule has 6 aromatic heterocycles. The molecule has 0 saturated heterocycles. The topological polar surface area (TPSA) is 252 Å². The van der Waals surface area contributed by atoms with Crippen molar-refractivity contribution >= 4 is 201 Å².